The van der Waals surface area contributed by atoms with Gasteiger partial charge in [-0.2, -0.15) is 0 Å². The molecule has 0 aromatic carbocycles. The Balaban J connectivity index is 2.57. The van der Waals surface area contributed by atoms with Gasteiger partial charge in [-0.05, 0) is 11.6 Å². The maximum absolute atomic E-state index is 5.22. The second kappa shape index (κ2) is 5.82. The van der Waals surface area contributed by atoms with E-state index in [0.717, 1.165) is 5.56 Å². The lowest BCUT2D eigenvalue weighted by atomic mass is 10.2. The van der Waals surface area contributed by atoms with Gasteiger partial charge in [0, 0.05) is 25.9 Å². The van der Waals surface area contributed by atoms with E-state index >= 15 is 0 Å². The first-order valence-corrected chi connectivity index (χ1v) is 4.46. The third kappa shape index (κ3) is 3.43. The molecule has 0 fully saturated rings. The van der Waals surface area contributed by atoms with E-state index in [2.05, 4.69) is 20.7 Å². The number of methoxy groups -OCH3 is 1. The van der Waals surface area contributed by atoms with Crippen molar-refractivity contribution < 1.29 is 4.74 Å². The van der Waals surface area contributed by atoms with Gasteiger partial charge in [-0.25, -0.2) is 10.8 Å². The van der Waals surface area contributed by atoms with Crippen LogP contribution in [0.25, 0.3) is 0 Å². The number of hydrazine groups is 1. The summed E-state index contributed by atoms with van der Waals surface area (Å²) < 4.78 is 5.00. The fourth-order valence-electron chi connectivity index (χ4n) is 1.05. The van der Waals surface area contributed by atoms with Crippen molar-refractivity contribution in [3.8, 4) is 5.88 Å². The molecular weight excluding hydrogens is 194 g/mol. The fourth-order valence-corrected chi connectivity index (χ4v) is 1.05. The summed E-state index contributed by atoms with van der Waals surface area (Å²) in [7, 11) is 3.23. The Kier molecular flexibility index (Phi) is 4.36. The summed E-state index contributed by atoms with van der Waals surface area (Å²) in [5.74, 6) is 6.34. The van der Waals surface area contributed by atoms with Crippen LogP contribution in [0.2, 0.25) is 0 Å². The summed E-state index contributed by atoms with van der Waals surface area (Å²) in [5, 5.41) is 3.02. The highest BCUT2D eigenvalue weighted by Gasteiger charge is 1.98. The third-order valence-electron chi connectivity index (χ3n) is 1.83. The van der Waals surface area contributed by atoms with Gasteiger partial charge in [0.1, 0.15) is 0 Å². The van der Waals surface area contributed by atoms with Crippen LogP contribution in [0.1, 0.15) is 5.56 Å². The van der Waals surface area contributed by atoms with Crippen LogP contribution >= 0.6 is 0 Å². The number of rotatable bonds is 3. The van der Waals surface area contributed by atoms with E-state index in [1.807, 2.05) is 12.1 Å². The Labute approximate surface area is 88.5 Å². The van der Waals surface area contributed by atoms with E-state index in [-0.39, 0.29) is 0 Å². The molecule has 0 unspecified atom stereocenters. The fraction of sp³-hybridized carbons (Fsp3) is 0.333. The lowest BCUT2D eigenvalue weighted by Crippen LogP contribution is -2.40. The van der Waals surface area contributed by atoms with Gasteiger partial charge < -0.3 is 10.1 Å². The Bertz CT molecular complexity index is 339. The van der Waals surface area contributed by atoms with Crippen LogP contribution in [-0.4, -0.2) is 25.1 Å². The van der Waals surface area contributed by atoms with Crippen molar-refractivity contribution in [3.63, 3.8) is 0 Å². The van der Waals surface area contributed by atoms with Gasteiger partial charge >= 0.3 is 0 Å². The minimum Gasteiger partial charge on any atom is -0.481 e. The second-order valence-corrected chi connectivity index (χ2v) is 2.78. The molecule has 1 aromatic heterocycles. The van der Waals surface area contributed by atoms with Crippen LogP contribution in [0, 0.1) is 0 Å². The van der Waals surface area contributed by atoms with Crippen molar-refractivity contribution >= 4 is 5.96 Å². The highest BCUT2D eigenvalue weighted by atomic mass is 16.5. The molecule has 1 rings (SSSR count). The monoisotopic (exact) mass is 209 g/mol. The minimum absolute atomic E-state index is 0.533. The van der Waals surface area contributed by atoms with Gasteiger partial charge in [0.25, 0.3) is 0 Å². The van der Waals surface area contributed by atoms with Crippen molar-refractivity contribution in [1.29, 1.82) is 0 Å². The summed E-state index contributed by atoms with van der Waals surface area (Å²) in [6, 6.07) is 3.73. The van der Waals surface area contributed by atoms with Crippen LogP contribution in [0.3, 0.4) is 0 Å². The van der Waals surface area contributed by atoms with Crippen LogP contribution in [-0.2, 0) is 6.54 Å². The summed E-state index contributed by atoms with van der Waals surface area (Å²) in [6.07, 6.45) is 1.69. The SMILES string of the molecule is CN=C(NN)NCc1ccnc(OC)c1. The topological polar surface area (TPSA) is 84.6 Å². The maximum Gasteiger partial charge on any atom is 0.213 e. The average molecular weight is 209 g/mol. The summed E-state index contributed by atoms with van der Waals surface area (Å²) in [5.41, 5.74) is 3.48. The van der Waals surface area contributed by atoms with Crippen molar-refractivity contribution in [1.82, 2.24) is 15.7 Å². The first-order valence-electron chi connectivity index (χ1n) is 4.46. The van der Waals surface area contributed by atoms with Crippen molar-refractivity contribution in [2.75, 3.05) is 14.2 Å². The molecule has 0 spiro atoms. The predicted molar refractivity (Wildman–Crippen MR) is 58.3 cm³/mol. The third-order valence-corrected chi connectivity index (χ3v) is 1.83. The molecule has 0 aliphatic heterocycles. The number of hydrogen-bond donors (Lipinski definition) is 3. The Morgan fingerprint density at radius 3 is 3.07 bits per heavy atom. The number of hydrogen-bond acceptors (Lipinski definition) is 4. The highest BCUT2D eigenvalue weighted by molar-refractivity contribution is 5.78. The van der Waals surface area contributed by atoms with E-state index < -0.39 is 0 Å². The van der Waals surface area contributed by atoms with Crippen molar-refractivity contribution in [2.24, 2.45) is 10.8 Å². The van der Waals surface area contributed by atoms with Crippen LogP contribution in [0.15, 0.2) is 23.3 Å². The van der Waals surface area contributed by atoms with E-state index in [0.29, 0.717) is 18.4 Å². The summed E-state index contributed by atoms with van der Waals surface area (Å²) in [4.78, 5) is 7.89. The molecule has 1 aromatic rings. The van der Waals surface area contributed by atoms with E-state index in [9.17, 15) is 0 Å². The maximum atomic E-state index is 5.22. The number of nitrogens with two attached hydrogens (primary N) is 1. The molecule has 6 nitrogen and oxygen atoms in total. The van der Waals surface area contributed by atoms with Crippen molar-refractivity contribution in [3.05, 3.63) is 23.9 Å². The molecule has 82 valence electrons. The molecule has 0 atom stereocenters. The number of aromatic nitrogens is 1. The zero-order valence-electron chi connectivity index (χ0n) is 8.82. The first-order chi connectivity index (χ1) is 7.30. The van der Waals surface area contributed by atoms with Gasteiger partial charge in [-0.3, -0.25) is 10.4 Å². The van der Waals surface area contributed by atoms with Crippen molar-refractivity contribution in [2.45, 2.75) is 6.54 Å². The smallest absolute Gasteiger partial charge is 0.213 e. The molecule has 0 amide bonds. The van der Waals surface area contributed by atoms with Gasteiger partial charge in [0.15, 0.2) is 0 Å². The number of ether oxygens (including phenoxy) is 1. The van der Waals surface area contributed by atoms with Crippen LogP contribution in [0.4, 0.5) is 0 Å². The number of nitrogens with one attached hydrogen (secondary N) is 2. The zero-order valence-corrected chi connectivity index (χ0v) is 8.82. The highest BCUT2D eigenvalue weighted by Crippen LogP contribution is 2.07. The average Bonchev–Trinajstić information content (AvgIpc) is 2.31. The first kappa shape index (κ1) is 11.3. The normalized spacial score (nSPS) is 11.0. The lowest BCUT2D eigenvalue weighted by molar-refractivity contribution is 0.397. The molecule has 6 heteroatoms. The molecule has 0 aliphatic carbocycles. The largest absolute Gasteiger partial charge is 0.481 e. The molecule has 0 bridgehead atoms. The van der Waals surface area contributed by atoms with Gasteiger partial charge in [-0.1, -0.05) is 0 Å². The molecule has 15 heavy (non-hydrogen) atoms. The van der Waals surface area contributed by atoms with E-state index in [4.69, 9.17) is 10.6 Å². The Morgan fingerprint density at radius 1 is 1.67 bits per heavy atom. The molecule has 1 heterocycles. The minimum atomic E-state index is 0.533. The van der Waals surface area contributed by atoms with Crippen LogP contribution in [0.5, 0.6) is 5.88 Å². The Hall–Kier alpha value is -1.82. The van der Waals surface area contributed by atoms with E-state index in [1.54, 1.807) is 20.4 Å². The number of nitrogens with zero attached hydrogens (tertiary/aromatic N) is 2. The predicted octanol–water partition coefficient (Wildman–Crippen LogP) is -0.371. The van der Waals surface area contributed by atoms with Gasteiger partial charge in [0.2, 0.25) is 11.8 Å². The molecule has 0 radical (unpaired) electrons. The summed E-state index contributed by atoms with van der Waals surface area (Å²) >= 11 is 0. The molecular formula is C9H15N5O. The number of guanidine groups is 1. The van der Waals surface area contributed by atoms with E-state index in [1.165, 1.54) is 0 Å². The molecule has 0 saturated heterocycles. The second-order valence-electron chi connectivity index (χ2n) is 2.78. The quantitative estimate of drug-likeness (QED) is 0.274. The molecule has 0 aliphatic rings. The zero-order chi connectivity index (χ0) is 11.1. The standard InChI is InChI=1S/C9H15N5O/c1-11-9(14-10)13-6-7-3-4-12-8(5-7)15-2/h3-5H,6,10H2,1-2H3,(H2,11,13,14). The van der Waals surface area contributed by atoms with Crippen LogP contribution < -0.4 is 21.3 Å². The molecule has 0 saturated carbocycles. The summed E-state index contributed by atoms with van der Waals surface area (Å²) in [6.45, 7) is 0.607. The molecule has 4 N–H and O–H groups in total. The number of pyridine rings is 1. The van der Waals surface area contributed by atoms with Gasteiger partial charge in [-0.15, -0.1) is 0 Å². The lowest BCUT2D eigenvalue weighted by Gasteiger charge is -2.08. The Morgan fingerprint density at radius 2 is 2.47 bits per heavy atom. The van der Waals surface area contributed by atoms with Gasteiger partial charge in [0.05, 0.1) is 7.11 Å². The number of aliphatic imine (C=N–C) groups is 1.